The highest BCUT2D eigenvalue weighted by atomic mass is 35.5. The fourth-order valence-electron chi connectivity index (χ4n) is 3.73. The van der Waals surface area contributed by atoms with Crippen LogP contribution in [0, 0.1) is 5.41 Å². The second-order valence-corrected chi connectivity index (χ2v) is 7.02. The van der Waals surface area contributed by atoms with Crippen molar-refractivity contribution in [2.24, 2.45) is 5.41 Å². The Kier molecular flexibility index (Phi) is 8.15. The number of piperidine rings is 1. The summed E-state index contributed by atoms with van der Waals surface area (Å²) in [6.45, 7) is 10.2. The van der Waals surface area contributed by atoms with Gasteiger partial charge in [-0.1, -0.05) is 12.1 Å². The second-order valence-electron chi connectivity index (χ2n) is 7.02. The lowest BCUT2D eigenvalue weighted by atomic mass is 9.78. The minimum atomic E-state index is 0. The monoisotopic (exact) mass is 360 g/mol. The van der Waals surface area contributed by atoms with E-state index < -0.39 is 0 Å². The summed E-state index contributed by atoms with van der Waals surface area (Å²) in [6.07, 6.45) is 4.33. The standard InChI is InChI=1S/C18H28N2O.2ClH/c1-15(2)21-17-5-3-16(4-6-17)13-20-12-9-18(14-20)7-10-19-11-8-18;;/h3-6,15,19H,7-14H2,1-2H3;2*1H. The molecule has 0 amide bonds. The molecule has 0 unspecified atom stereocenters. The van der Waals surface area contributed by atoms with Crippen molar-refractivity contribution in [2.45, 2.75) is 45.8 Å². The Morgan fingerprint density at radius 3 is 2.35 bits per heavy atom. The van der Waals surface area contributed by atoms with Crippen LogP contribution in [0.1, 0.15) is 38.7 Å². The Balaban J connectivity index is 0.00000132. The Hall–Kier alpha value is -0.480. The first-order valence-corrected chi connectivity index (χ1v) is 8.34. The lowest BCUT2D eigenvalue weighted by molar-refractivity contribution is 0.194. The van der Waals surface area contributed by atoms with Gasteiger partial charge in [0.2, 0.25) is 0 Å². The number of nitrogens with zero attached hydrogens (tertiary/aromatic N) is 1. The van der Waals surface area contributed by atoms with Crippen LogP contribution in [0.25, 0.3) is 0 Å². The van der Waals surface area contributed by atoms with E-state index in [0.29, 0.717) is 5.41 Å². The zero-order chi connectivity index (χ0) is 14.7. The summed E-state index contributed by atoms with van der Waals surface area (Å²) in [5.74, 6) is 0.977. The third kappa shape index (κ3) is 5.53. The third-order valence-corrected chi connectivity index (χ3v) is 4.88. The molecule has 0 saturated carbocycles. The molecule has 23 heavy (non-hydrogen) atoms. The van der Waals surface area contributed by atoms with Gasteiger partial charge in [-0.2, -0.15) is 0 Å². The lowest BCUT2D eigenvalue weighted by Gasteiger charge is -2.33. The highest BCUT2D eigenvalue weighted by Crippen LogP contribution is 2.39. The molecule has 1 spiro atoms. The van der Waals surface area contributed by atoms with Crippen LogP contribution in [0.15, 0.2) is 24.3 Å². The van der Waals surface area contributed by atoms with E-state index in [1.54, 1.807) is 0 Å². The first kappa shape index (κ1) is 20.6. The maximum atomic E-state index is 5.71. The van der Waals surface area contributed by atoms with E-state index >= 15 is 0 Å². The van der Waals surface area contributed by atoms with Crippen molar-refractivity contribution < 1.29 is 4.74 Å². The zero-order valence-electron chi connectivity index (χ0n) is 14.2. The zero-order valence-corrected chi connectivity index (χ0v) is 15.8. The van der Waals surface area contributed by atoms with Crippen LogP contribution < -0.4 is 10.1 Å². The summed E-state index contributed by atoms with van der Waals surface area (Å²) in [4.78, 5) is 2.63. The van der Waals surface area contributed by atoms with Gasteiger partial charge in [-0.05, 0) is 75.9 Å². The van der Waals surface area contributed by atoms with Gasteiger partial charge in [0, 0.05) is 13.1 Å². The van der Waals surface area contributed by atoms with E-state index in [1.165, 1.54) is 51.0 Å². The largest absolute Gasteiger partial charge is 0.491 e. The van der Waals surface area contributed by atoms with Crippen LogP contribution in [-0.2, 0) is 6.54 Å². The molecule has 3 rings (SSSR count). The normalized spacial score (nSPS) is 20.1. The molecule has 2 aliphatic rings. The van der Waals surface area contributed by atoms with Gasteiger partial charge in [0.1, 0.15) is 5.75 Å². The van der Waals surface area contributed by atoms with E-state index in [4.69, 9.17) is 4.74 Å². The Bertz CT molecular complexity index is 459. The molecule has 2 heterocycles. The van der Waals surface area contributed by atoms with Gasteiger partial charge in [0.15, 0.2) is 0 Å². The highest BCUT2D eigenvalue weighted by Gasteiger charge is 2.38. The number of ether oxygens (including phenoxy) is 1. The quantitative estimate of drug-likeness (QED) is 0.881. The fourth-order valence-corrected chi connectivity index (χ4v) is 3.73. The molecule has 132 valence electrons. The van der Waals surface area contributed by atoms with E-state index in [0.717, 1.165) is 12.3 Å². The average Bonchev–Trinajstić information content (AvgIpc) is 2.84. The van der Waals surface area contributed by atoms with E-state index in [1.807, 2.05) is 0 Å². The Morgan fingerprint density at radius 2 is 1.74 bits per heavy atom. The first-order valence-electron chi connectivity index (χ1n) is 8.34. The molecule has 3 nitrogen and oxygen atoms in total. The van der Waals surface area contributed by atoms with Gasteiger partial charge in [0.25, 0.3) is 0 Å². The Labute approximate surface area is 153 Å². The third-order valence-electron chi connectivity index (χ3n) is 4.88. The number of hydrogen-bond donors (Lipinski definition) is 1. The molecule has 0 aliphatic carbocycles. The number of hydrogen-bond acceptors (Lipinski definition) is 3. The van der Waals surface area contributed by atoms with Gasteiger partial charge in [-0.25, -0.2) is 0 Å². The second kappa shape index (κ2) is 9.12. The number of rotatable bonds is 4. The molecule has 2 aliphatic heterocycles. The van der Waals surface area contributed by atoms with Crippen molar-refractivity contribution in [2.75, 3.05) is 26.2 Å². The van der Waals surface area contributed by atoms with Gasteiger partial charge in [-0.15, -0.1) is 24.8 Å². The molecular weight excluding hydrogens is 331 g/mol. The van der Waals surface area contributed by atoms with Crippen LogP contribution in [0.3, 0.4) is 0 Å². The summed E-state index contributed by atoms with van der Waals surface area (Å²) in [5, 5.41) is 3.49. The average molecular weight is 361 g/mol. The number of nitrogens with one attached hydrogen (secondary N) is 1. The predicted molar refractivity (Wildman–Crippen MR) is 101 cm³/mol. The van der Waals surface area contributed by atoms with Gasteiger partial charge < -0.3 is 10.1 Å². The number of halogens is 2. The molecule has 0 aromatic heterocycles. The molecule has 2 fully saturated rings. The predicted octanol–water partition coefficient (Wildman–Crippen LogP) is 3.89. The summed E-state index contributed by atoms with van der Waals surface area (Å²) in [7, 11) is 0. The van der Waals surface area contributed by atoms with Crippen LogP contribution >= 0.6 is 24.8 Å². The molecule has 0 bridgehead atoms. The topological polar surface area (TPSA) is 24.5 Å². The van der Waals surface area contributed by atoms with Crippen molar-refractivity contribution in [3.8, 4) is 5.75 Å². The van der Waals surface area contributed by atoms with Gasteiger partial charge >= 0.3 is 0 Å². The molecule has 1 aromatic rings. The fraction of sp³-hybridized carbons (Fsp3) is 0.667. The maximum absolute atomic E-state index is 5.71. The van der Waals surface area contributed by atoms with Crippen LogP contribution in [0.5, 0.6) is 5.75 Å². The molecule has 0 radical (unpaired) electrons. The molecular formula is C18H30Cl2N2O. The minimum Gasteiger partial charge on any atom is -0.491 e. The van der Waals surface area contributed by atoms with Crippen molar-refractivity contribution >= 4 is 24.8 Å². The molecule has 0 atom stereocenters. The highest BCUT2D eigenvalue weighted by molar-refractivity contribution is 5.85. The van der Waals surface area contributed by atoms with E-state index in [2.05, 4.69) is 48.3 Å². The summed E-state index contributed by atoms with van der Waals surface area (Å²) >= 11 is 0. The smallest absolute Gasteiger partial charge is 0.119 e. The number of benzene rings is 1. The summed E-state index contributed by atoms with van der Waals surface area (Å²) in [5.41, 5.74) is 2.00. The molecule has 1 N–H and O–H groups in total. The van der Waals surface area contributed by atoms with Crippen LogP contribution in [0.2, 0.25) is 0 Å². The van der Waals surface area contributed by atoms with Crippen molar-refractivity contribution in [3.63, 3.8) is 0 Å². The summed E-state index contributed by atoms with van der Waals surface area (Å²) < 4.78 is 5.71. The van der Waals surface area contributed by atoms with Crippen LogP contribution in [-0.4, -0.2) is 37.2 Å². The van der Waals surface area contributed by atoms with Crippen molar-refractivity contribution in [1.29, 1.82) is 0 Å². The number of likely N-dealkylation sites (tertiary alicyclic amines) is 1. The molecule has 5 heteroatoms. The SMILES string of the molecule is CC(C)Oc1ccc(CN2CCC3(CCNCC3)C2)cc1.Cl.Cl. The van der Waals surface area contributed by atoms with E-state index in [9.17, 15) is 0 Å². The lowest BCUT2D eigenvalue weighted by Crippen LogP contribution is -2.38. The van der Waals surface area contributed by atoms with E-state index in [-0.39, 0.29) is 30.9 Å². The minimum absolute atomic E-state index is 0. The van der Waals surface area contributed by atoms with Crippen LogP contribution in [0.4, 0.5) is 0 Å². The first-order chi connectivity index (χ1) is 10.2. The summed E-state index contributed by atoms with van der Waals surface area (Å²) in [6, 6.07) is 8.63. The maximum Gasteiger partial charge on any atom is 0.119 e. The Morgan fingerprint density at radius 1 is 1.09 bits per heavy atom. The van der Waals surface area contributed by atoms with Gasteiger partial charge in [-0.3, -0.25) is 4.90 Å². The van der Waals surface area contributed by atoms with Gasteiger partial charge in [0.05, 0.1) is 6.10 Å². The van der Waals surface area contributed by atoms with Crippen molar-refractivity contribution in [1.82, 2.24) is 10.2 Å². The van der Waals surface area contributed by atoms with Crippen molar-refractivity contribution in [3.05, 3.63) is 29.8 Å². The molecule has 1 aromatic carbocycles. The molecule has 2 saturated heterocycles.